The first-order chi connectivity index (χ1) is 11.4. The Morgan fingerprint density at radius 3 is 2.83 bits per heavy atom. The molecule has 0 spiro atoms. The molecule has 1 amide bonds. The van der Waals surface area contributed by atoms with Gasteiger partial charge in [0.25, 0.3) is 0 Å². The van der Waals surface area contributed by atoms with Crippen molar-refractivity contribution in [1.82, 2.24) is 24.3 Å². The summed E-state index contributed by atoms with van der Waals surface area (Å²) in [7, 11) is -2.15. The molecule has 0 bridgehead atoms. The van der Waals surface area contributed by atoms with Gasteiger partial charge in [0.05, 0.1) is 12.4 Å². The summed E-state index contributed by atoms with van der Waals surface area (Å²) < 4.78 is 30.5. The number of nitrogens with one attached hydrogen (secondary N) is 1. The maximum absolute atomic E-state index is 12.7. The monoisotopic (exact) mass is 352 g/mol. The predicted molar refractivity (Wildman–Crippen MR) is 86.8 cm³/mol. The van der Waals surface area contributed by atoms with Gasteiger partial charge in [0.2, 0.25) is 15.9 Å². The number of rotatable bonds is 5. The normalized spacial score (nSPS) is 19.0. The van der Waals surface area contributed by atoms with E-state index in [4.69, 9.17) is 0 Å². The third-order valence-electron chi connectivity index (χ3n) is 4.00. The van der Waals surface area contributed by atoms with Crippen LogP contribution >= 0.6 is 0 Å². The van der Waals surface area contributed by atoms with Crippen LogP contribution in [0.3, 0.4) is 0 Å². The zero-order valence-corrected chi connectivity index (χ0v) is 14.4. The zero-order valence-electron chi connectivity index (χ0n) is 13.6. The molecule has 3 heterocycles. The lowest BCUT2D eigenvalue weighted by molar-refractivity contribution is -0.121. The molecule has 1 N–H and O–H groups in total. The average Bonchev–Trinajstić information content (AvgIpc) is 3.18. The summed E-state index contributed by atoms with van der Waals surface area (Å²) in [6, 6.07) is 0.975. The van der Waals surface area contributed by atoms with Crippen LogP contribution < -0.4 is 9.62 Å². The van der Waals surface area contributed by atoms with E-state index in [2.05, 4.69) is 14.9 Å². The van der Waals surface area contributed by atoms with Crippen LogP contribution in [0.5, 0.6) is 0 Å². The number of sulfonamides is 1. The predicted octanol–water partition coefficient (Wildman–Crippen LogP) is 0.110. The van der Waals surface area contributed by atoms with Gasteiger partial charge >= 0.3 is 0 Å². The molecular weight excluding hydrogens is 332 g/mol. The number of carbonyl (C=O) groups is 1. The van der Waals surface area contributed by atoms with Crippen LogP contribution in [0.25, 0.3) is 0 Å². The van der Waals surface area contributed by atoms with Crippen molar-refractivity contribution in [3.8, 4) is 0 Å². The van der Waals surface area contributed by atoms with Crippen LogP contribution in [-0.4, -0.2) is 46.5 Å². The minimum atomic E-state index is -3.78. The highest BCUT2D eigenvalue weighted by Gasteiger charge is 2.34. The molecule has 9 nitrogen and oxygen atoms in total. The third kappa shape index (κ3) is 3.06. The molecule has 0 aromatic carbocycles. The molecule has 2 aromatic rings. The maximum atomic E-state index is 12.7. The molecule has 1 fully saturated rings. The molecule has 1 unspecified atom stereocenters. The molecule has 0 radical (unpaired) electrons. The summed E-state index contributed by atoms with van der Waals surface area (Å²) in [6.07, 6.45) is 5.48. The first kappa shape index (κ1) is 16.7. The highest BCUT2D eigenvalue weighted by Crippen LogP contribution is 2.22. The highest BCUT2D eigenvalue weighted by molar-refractivity contribution is 7.89. The summed E-state index contributed by atoms with van der Waals surface area (Å²) in [4.78, 5) is 14.4. The van der Waals surface area contributed by atoms with E-state index in [0.717, 1.165) is 0 Å². The SMILES string of the molecule is CCn1nccc1N1CCCC(NS(=O)(=O)c2cnn(C)c2)C1=O. The van der Waals surface area contributed by atoms with Gasteiger partial charge < -0.3 is 0 Å². The number of carbonyl (C=O) groups excluding carboxylic acids is 1. The summed E-state index contributed by atoms with van der Waals surface area (Å²) in [5.74, 6) is 0.427. The molecule has 0 saturated carbocycles. The van der Waals surface area contributed by atoms with Crippen molar-refractivity contribution in [3.63, 3.8) is 0 Å². The van der Waals surface area contributed by atoms with E-state index in [0.29, 0.717) is 31.7 Å². The van der Waals surface area contributed by atoms with Gasteiger partial charge in [-0.3, -0.25) is 14.4 Å². The van der Waals surface area contributed by atoms with Crippen LogP contribution in [-0.2, 0) is 28.4 Å². The fourth-order valence-electron chi connectivity index (χ4n) is 2.80. The Bertz CT molecular complexity index is 840. The Balaban J connectivity index is 1.81. The van der Waals surface area contributed by atoms with Crippen molar-refractivity contribution < 1.29 is 13.2 Å². The van der Waals surface area contributed by atoms with Gasteiger partial charge in [0.15, 0.2) is 0 Å². The number of anilines is 1. The molecule has 3 rings (SSSR count). The first-order valence-corrected chi connectivity index (χ1v) is 9.25. The van der Waals surface area contributed by atoms with Gasteiger partial charge in [-0.2, -0.15) is 14.9 Å². The summed E-state index contributed by atoms with van der Waals surface area (Å²) in [5, 5.41) is 8.03. The molecule has 2 aromatic heterocycles. The Labute approximate surface area is 140 Å². The molecule has 130 valence electrons. The van der Waals surface area contributed by atoms with E-state index in [9.17, 15) is 13.2 Å². The number of hydrogen-bond acceptors (Lipinski definition) is 5. The summed E-state index contributed by atoms with van der Waals surface area (Å²) in [5.41, 5.74) is 0. The van der Waals surface area contributed by atoms with Crippen LogP contribution in [0, 0.1) is 0 Å². The molecule has 1 atom stereocenters. The number of aromatic nitrogens is 4. The van der Waals surface area contributed by atoms with Gasteiger partial charge in [-0.15, -0.1) is 0 Å². The van der Waals surface area contributed by atoms with E-state index in [-0.39, 0.29) is 10.8 Å². The van der Waals surface area contributed by atoms with Crippen molar-refractivity contribution in [3.05, 3.63) is 24.7 Å². The fraction of sp³-hybridized carbons (Fsp3) is 0.500. The Morgan fingerprint density at radius 1 is 1.38 bits per heavy atom. The van der Waals surface area contributed by atoms with Gasteiger partial charge in [0, 0.05) is 32.4 Å². The molecule has 1 aliphatic heterocycles. The highest BCUT2D eigenvalue weighted by atomic mass is 32.2. The molecule has 1 aliphatic rings. The van der Waals surface area contributed by atoms with E-state index >= 15 is 0 Å². The van der Waals surface area contributed by atoms with Crippen molar-refractivity contribution in [1.29, 1.82) is 0 Å². The topological polar surface area (TPSA) is 102 Å². The van der Waals surface area contributed by atoms with Crippen molar-refractivity contribution >= 4 is 21.7 Å². The van der Waals surface area contributed by atoms with Crippen LogP contribution in [0.1, 0.15) is 19.8 Å². The quantitative estimate of drug-likeness (QED) is 0.823. The number of amides is 1. The summed E-state index contributed by atoms with van der Waals surface area (Å²) in [6.45, 7) is 3.13. The van der Waals surface area contributed by atoms with Gasteiger partial charge in [-0.25, -0.2) is 13.1 Å². The lowest BCUT2D eigenvalue weighted by Crippen LogP contribution is -2.52. The van der Waals surface area contributed by atoms with Crippen LogP contribution in [0.15, 0.2) is 29.6 Å². The first-order valence-electron chi connectivity index (χ1n) is 7.76. The number of aryl methyl sites for hydroxylation is 2. The average molecular weight is 352 g/mol. The molecular formula is C14H20N6O3S. The van der Waals surface area contributed by atoms with Crippen LogP contribution in [0.2, 0.25) is 0 Å². The minimum Gasteiger partial charge on any atom is -0.296 e. The molecule has 24 heavy (non-hydrogen) atoms. The van der Waals surface area contributed by atoms with Gasteiger partial charge in [-0.1, -0.05) is 0 Å². The van der Waals surface area contributed by atoms with Crippen molar-refractivity contribution in [2.75, 3.05) is 11.4 Å². The minimum absolute atomic E-state index is 0.0496. The Hall–Kier alpha value is -2.20. The standard InChI is InChI=1S/C14H20N6O3S/c1-3-20-13(6-7-15-20)19-8-4-5-12(14(19)21)17-24(22,23)11-9-16-18(2)10-11/h6-7,9-10,12,17H,3-5,8H2,1-2H3. The number of piperidine rings is 1. The second kappa shape index (κ2) is 6.36. The van der Waals surface area contributed by atoms with E-state index in [1.807, 2.05) is 6.92 Å². The van der Waals surface area contributed by atoms with E-state index < -0.39 is 16.1 Å². The zero-order chi connectivity index (χ0) is 17.3. The van der Waals surface area contributed by atoms with Gasteiger partial charge in [-0.05, 0) is 19.8 Å². The van der Waals surface area contributed by atoms with Crippen molar-refractivity contribution in [2.24, 2.45) is 7.05 Å². The Morgan fingerprint density at radius 2 is 2.17 bits per heavy atom. The molecule has 1 saturated heterocycles. The smallest absolute Gasteiger partial charge is 0.246 e. The lowest BCUT2D eigenvalue weighted by Gasteiger charge is -2.32. The number of hydrogen-bond donors (Lipinski definition) is 1. The maximum Gasteiger partial charge on any atom is 0.246 e. The van der Waals surface area contributed by atoms with Crippen molar-refractivity contribution in [2.45, 2.75) is 37.2 Å². The molecule has 0 aliphatic carbocycles. The summed E-state index contributed by atoms with van der Waals surface area (Å²) >= 11 is 0. The molecule has 10 heteroatoms. The lowest BCUT2D eigenvalue weighted by atomic mass is 10.1. The second-order valence-electron chi connectivity index (χ2n) is 5.66. The van der Waals surface area contributed by atoms with E-state index in [1.165, 1.54) is 17.1 Å². The second-order valence-corrected chi connectivity index (χ2v) is 7.37. The Kier molecular flexibility index (Phi) is 4.41. The van der Waals surface area contributed by atoms with Crippen LogP contribution in [0.4, 0.5) is 5.82 Å². The third-order valence-corrected chi connectivity index (χ3v) is 5.42. The number of nitrogens with zero attached hydrogens (tertiary/aromatic N) is 5. The largest absolute Gasteiger partial charge is 0.296 e. The van der Waals surface area contributed by atoms with E-state index in [1.54, 1.807) is 28.9 Å². The fourth-order valence-corrected chi connectivity index (χ4v) is 4.01. The van der Waals surface area contributed by atoms with Gasteiger partial charge in [0.1, 0.15) is 16.8 Å².